The summed E-state index contributed by atoms with van der Waals surface area (Å²) < 4.78 is 0. The maximum Gasteiger partial charge on any atom is 0.261 e. The molecule has 0 radical (unpaired) electrons. The number of likely N-dealkylation sites (tertiary alicyclic amines) is 1. The molecule has 2 aliphatic rings. The van der Waals surface area contributed by atoms with Crippen LogP contribution in [0.1, 0.15) is 53.3 Å². The molecule has 2 aliphatic heterocycles. The Morgan fingerprint density at radius 2 is 1.88 bits per heavy atom. The zero-order valence-corrected chi connectivity index (χ0v) is 15.7. The molecule has 1 atom stereocenters. The second kappa shape index (κ2) is 8.34. The number of imide groups is 1. The molecule has 0 aromatic heterocycles. The summed E-state index contributed by atoms with van der Waals surface area (Å²) in [4.78, 5) is 32.7. The number of hydrogen-bond acceptors (Lipinski definition) is 3. The van der Waals surface area contributed by atoms with Gasteiger partial charge in [0.15, 0.2) is 5.96 Å². The number of amides is 2. The fourth-order valence-electron chi connectivity index (χ4n) is 3.75. The van der Waals surface area contributed by atoms with E-state index in [1.54, 1.807) is 24.3 Å². The quantitative estimate of drug-likeness (QED) is 0.381. The van der Waals surface area contributed by atoms with Crippen LogP contribution in [0.4, 0.5) is 0 Å². The van der Waals surface area contributed by atoms with E-state index in [1.807, 2.05) is 7.05 Å². The van der Waals surface area contributed by atoms with Crippen LogP contribution in [0.25, 0.3) is 0 Å². The van der Waals surface area contributed by atoms with E-state index >= 15 is 0 Å². The lowest BCUT2D eigenvalue weighted by Gasteiger charge is -2.33. The molecular weight excluding hydrogens is 328 g/mol. The Morgan fingerprint density at radius 1 is 1.19 bits per heavy atom. The van der Waals surface area contributed by atoms with Gasteiger partial charge in [-0.15, -0.1) is 0 Å². The first-order chi connectivity index (χ1) is 12.6. The zero-order valence-electron chi connectivity index (χ0n) is 15.7. The second-order valence-corrected chi connectivity index (χ2v) is 7.18. The van der Waals surface area contributed by atoms with E-state index in [0.29, 0.717) is 23.6 Å². The van der Waals surface area contributed by atoms with E-state index in [9.17, 15) is 9.59 Å². The number of hydrogen-bond donors (Lipinski definition) is 1. The summed E-state index contributed by atoms with van der Waals surface area (Å²) in [6.45, 7) is 5.64. The van der Waals surface area contributed by atoms with Gasteiger partial charge in [-0.25, -0.2) is 0 Å². The molecule has 1 aromatic rings. The highest BCUT2D eigenvalue weighted by atomic mass is 16.2. The van der Waals surface area contributed by atoms with Gasteiger partial charge in [0.25, 0.3) is 11.8 Å². The molecule has 1 saturated heterocycles. The van der Waals surface area contributed by atoms with Gasteiger partial charge in [0.2, 0.25) is 0 Å². The first kappa shape index (κ1) is 18.4. The van der Waals surface area contributed by atoms with Gasteiger partial charge >= 0.3 is 0 Å². The topological polar surface area (TPSA) is 65.0 Å². The molecule has 6 heteroatoms. The van der Waals surface area contributed by atoms with Crippen LogP contribution in [0.5, 0.6) is 0 Å². The van der Waals surface area contributed by atoms with Gasteiger partial charge in [-0.05, 0) is 43.7 Å². The predicted molar refractivity (Wildman–Crippen MR) is 102 cm³/mol. The molecule has 0 bridgehead atoms. The van der Waals surface area contributed by atoms with Crippen LogP contribution in [0.15, 0.2) is 29.3 Å². The number of unbranched alkanes of at least 4 members (excludes halogenated alkanes) is 1. The molecule has 1 aromatic carbocycles. The average Bonchev–Trinajstić information content (AvgIpc) is 2.89. The van der Waals surface area contributed by atoms with Crippen molar-refractivity contribution in [3.05, 3.63) is 35.4 Å². The van der Waals surface area contributed by atoms with Crippen molar-refractivity contribution in [3.8, 4) is 0 Å². The SMILES string of the molecule is CN=C(NCCCCN1C(=O)c2ccccc2C1=O)N1CCCC(C)C1. The van der Waals surface area contributed by atoms with Crippen molar-refractivity contribution < 1.29 is 9.59 Å². The first-order valence-corrected chi connectivity index (χ1v) is 9.52. The van der Waals surface area contributed by atoms with E-state index in [2.05, 4.69) is 22.1 Å². The molecule has 1 fully saturated rings. The molecule has 0 spiro atoms. The number of carbonyl (C=O) groups excluding carboxylic acids is 2. The molecule has 0 saturated carbocycles. The molecule has 3 rings (SSSR count). The number of carbonyl (C=O) groups is 2. The summed E-state index contributed by atoms with van der Waals surface area (Å²) in [5.41, 5.74) is 1.05. The zero-order chi connectivity index (χ0) is 18.5. The van der Waals surface area contributed by atoms with Crippen LogP contribution >= 0.6 is 0 Å². The van der Waals surface area contributed by atoms with E-state index in [1.165, 1.54) is 17.7 Å². The minimum atomic E-state index is -0.170. The molecule has 2 heterocycles. The third-order valence-corrected chi connectivity index (χ3v) is 5.14. The molecule has 2 amide bonds. The molecule has 0 aliphatic carbocycles. The molecule has 1 N–H and O–H groups in total. The van der Waals surface area contributed by atoms with Gasteiger partial charge in [-0.1, -0.05) is 19.1 Å². The van der Waals surface area contributed by atoms with Crippen molar-refractivity contribution in [1.82, 2.24) is 15.1 Å². The molecular formula is C20H28N4O2. The largest absolute Gasteiger partial charge is 0.356 e. The molecule has 26 heavy (non-hydrogen) atoms. The van der Waals surface area contributed by atoms with Crippen molar-refractivity contribution in [2.75, 3.05) is 33.2 Å². The molecule has 6 nitrogen and oxygen atoms in total. The highest BCUT2D eigenvalue weighted by Crippen LogP contribution is 2.22. The lowest BCUT2D eigenvalue weighted by molar-refractivity contribution is 0.0652. The number of rotatable bonds is 5. The van der Waals surface area contributed by atoms with Gasteiger partial charge in [0, 0.05) is 33.2 Å². The summed E-state index contributed by atoms with van der Waals surface area (Å²) in [6, 6.07) is 7.04. The van der Waals surface area contributed by atoms with E-state index in [4.69, 9.17) is 0 Å². The van der Waals surface area contributed by atoms with Crippen molar-refractivity contribution in [2.24, 2.45) is 10.9 Å². The lowest BCUT2D eigenvalue weighted by Crippen LogP contribution is -2.46. The number of piperidine rings is 1. The van der Waals surface area contributed by atoms with Crippen molar-refractivity contribution >= 4 is 17.8 Å². The summed E-state index contributed by atoms with van der Waals surface area (Å²) in [5.74, 6) is 1.32. The summed E-state index contributed by atoms with van der Waals surface area (Å²) in [7, 11) is 1.82. The fourth-order valence-corrected chi connectivity index (χ4v) is 3.75. The third kappa shape index (κ3) is 3.89. The van der Waals surface area contributed by atoms with Crippen molar-refractivity contribution in [2.45, 2.75) is 32.6 Å². The number of nitrogens with one attached hydrogen (secondary N) is 1. The van der Waals surface area contributed by atoms with E-state index in [0.717, 1.165) is 38.4 Å². The van der Waals surface area contributed by atoms with Gasteiger partial charge in [-0.2, -0.15) is 0 Å². The number of benzene rings is 1. The number of aliphatic imine (C=N–C) groups is 1. The Morgan fingerprint density at radius 3 is 2.50 bits per heavy atom. The van der Waals surface area contributed by atoms with Gasteiger partial charge in [0.1, 0.15) is 0 Å². The second-order valence-electron chi connectivity index (χ2n) is 7.18. The Kier molecular flexibility index (Phi) is 5.91. The molecule has 1 unspecified atom stereocenters. The Hall–Kier alpha value is -2.37. The lowest BCUT2D eigenvalue weighted by atomic mass is 10.0. The molecule has 140 valence electrons. The van der Waals surface area contributed by atoms with Crippen LogP contribution in [-0.4, -0.2) is 60.8 Å². The normalized spacial score (nSPS) is 20.5. The number of guanidine groups is 1. The Bertz CT molecular complexity index is 666. The predicted octanol–water partition coefficient (Wildman–Crippen LogP) is 2.37. The van der Waals surface area contributed by atoms with E-state index in [-0.39, 0.29) is 11.8 Å². The van der Waals surface area contributed by atoms with Gasteiger partial charge in [-0.3, -0.25) is 19.5 Å². The summed E-state index contributed by atoms with van der Waals surface area (Å²) in [6.07, 6.45) is 4.16. The van der Waals surface area contributed by atoms with Crippen molar-refractivity contribution in [3.63, 3.8) is 0 Å². The fraction of sp³-hybridized carbons (Fsp3) is 0.550. The first-order valence-electron chi connectivity index (χ1n) is 9.52. The van der Waals surface area contributed by atoms with Crippen LogP contribution in [-0.2, 0) is 0 Å². The van der Waals surface area contributed by atoms with Crippen molar-refractivity contribution in [1.29, 1.82) is 0 Å². The smallest absolute Gasteiger partial charge is 0.261 e. The Balaban J connectivity index is 1.42. The summed E-state index contributed by atoms with van der Waals surface area (Å²) >= 11 is 0. The maximum atomic E-state index is 12.3. The van der Waals surface area contributed by atoms with E-state index < -0.39 is 0 Å². The highest BCUT2D eigenvalue weighted by Gasteiger charge is 2.34. The van der Waals surface area contributed by atoms with Crippen LogP contribution in [0, 0.1) is 5.92 Å². The van der Waals surface area contributed by atoms with Crippen LogP contribution in [0.3, 0.4) is 0 Å². The minimum absolute atomic E-state index is 0.170. The standard InChI is InChI=1S/C20H28N4O2/c1-15-8-7-12-23(14-15)20(21-2)22-11-5-6-13-24-18(25)16-9-3-4-10-17(16)19(24)26/h3-4,9-10,15H,5-8,11-14H2,1-2H3,(H,21,22). The maximum absolute atomic E-state index is 12.3. The third-order valence-electron chi connectivity index (χ3n) is 5.14. The minimum Gasteiger partial charge on any atom is -0.356 e. The van der Waals surface area contributed by atoms with Crippen LogP contribution in [0.2, 0.25) is 0 Å². The highest BCUT2D eigenvalue weighted by molar-refractivity contribution is 6.21. The average molecular weight is 356 g/mol. The van der Waals surface area contributed by atoms with Gasteiger partial charge in [0.05, 0.1) is 11.1 Å². The van der Waals surface area contributed by atoms with Crippen LogP contribution < -0.4 is 5.32 Å². The monoisotopic (exact) mass is 356 g/mol. The number of fused-ring (bicyclic) bond motifs is 1. The summed E-state index contributed by atoms with van der Waals surface area (Å²) in [5, 5.41) is 3.41. The number of nitrogens with zero attached hydrogens (tertiary/aromatic N) is 3. The Labute approximate surface area is 155 Å². The van der Waals surface area contributed by atoms with Gasteiger partial charge < -0.3 is 10.2 Å².